The summed E-state index contributed by atoms with van der Waals surface area (Å²) in [5, 5.41) is 9.95. The second-order valence-electron chi connectivity index (χ2n) is 6.28. The maximum absolute atomic E-state index is 9.95. The van der Waals surface area contributed by atoms with Crippen LogP contribution in [-0.4, -0.2) is 9.93 Å². The number of benzene rings is 1. The maximum atomic E-state index is 9.95. The summed E-state index contributed by atoms with van der Waals surface area (Å²) in [4.78, 5) is 0.581. The second-order valence-corrected chi connectivity index (χ2v) is 7.39. The lowest BCUT2D eigenvalue weighted by Gasteiger charge is -2.46. The van der Waals surface area contributed by atoms with Crippen molar-refractivity contribution >= 4 is 15.9 Å². The summed E-state index contributed by atoms with van der Waals surface area (Å²) in [6.07, 6.45) is 3.51. The van der Waals surface area contributed by atoms with E-state index in [-0.39, 0.29) is 5.41 Å². The smallest absolute Gasteiger partial charge is 0.118 e. The highest BCUT2D eigenvalue weighted by Crippen LogP contribution is 2.49. The van der Waals surface area contributed by atoms with E-state index >= 15 is 0 Å². The summed E-state index contributed by atoms with van der Waals surface area (Å²) >= 11 is 3.85. The zero-order chi connectivity index (χ0) is 13.3. The van der Waals surface area contributed by atoms with Gasteiger partial charge in [-0.25, -0.2) is 0 Å². The normalized spacial score (nSPS) is 31.2. The molecule has 1 aliphatic carbocycles. The third kappa shape index (κ3) is 2.59. The maximum Gasteiger partial charge on any atom is 0.118 e. The predicted octanol–water partition coefficient (Wildman–Crippen LogP) is 4.77. The predicted molar refractivity (Wildman–Crippen MR) is 80.2 cm³/mol. The van der Waals surface area contributed by atoms with Gasteiger partial charge in [-0.15, -0.1) is 0 Å². The van der Waals surface area contributed by atoms with Gasteiger partial charge in [-0.05, 0) is 48.1 Å². The van der Waals surface area contributed by atoms with Crippen LogP contribution in [0.1, 0.15) is 39.2 Å². The molecule has 0 spiro atoms. The van der Waals surface area contributed by atoms with Gasteiger partial charge in [-0.2, -0.15) is 0 Å². The fraction of sp³-hybridized carbons (Fsp3) is 0.625. The standard InChI is InChI=1S/C16H23BrO/c1-11-8-9-15(17)16(2,3)13(11)10-12-6-4-5-7-14(12)18/h4-7,11,13,15,18H,8-10H2,1-3H3/t11?,13-,15+/m0/s1. The number of hydrogen-bond acceptors (Lipinski definition) is 1. The van der Waals surface area contributed by atoms with Crippen molar-refractivity contribution in [3.63, 3.8) is 0 Å². The quantitative estimate of drug-likeness (QED) is 0.780. The molecule has 2 heteroatoms. The molecular weight excluding hydrogens is 288 g/mol. The Balaban J connectivity index is 2.23. The van der Waals surface area contributed by atoms with Crippen LogP contribution in [0.5, 0.6) is 5.75 Å². The van der Waals surface area contributed by atoms with Gasteiger partial charge >= 0.3 is 0 Å². The summed E-state index contributed by atoms with van der Waals surface area (Å²) in [6.45, 7) is 7.06. The number of para-hydroxylation sites is 1. The van der Waals surface area contributed by atoms with Crippen LogP contribution in [-0.2, 0) is 6.42 Å². The SMILES string of the molecule is CC1CC[C@@H](Br)C(C)(C)[C@H]1Cc1ccccc1O. The van der Waals surface area contributed by atoms with Crippen LogP contribution < -0.4 is 0 Å². The average molecular weight is 311 g/mol. The van der Waals surface area contributed by atoms with E-state index in [1.807, 2.05) is 12.1 Å². The lowest BCUT2D eigenvalue weighted by atomic mass is 9.62. The van der Waals surface area contributed by atoms with E-state index < -0.39 is 0 Å². The summed E-state index contributed by atoms with van der Waals surface area (Å²) in [7, 11) is 0. The molecule has 0 saturated heterocycles. The van der Waals surface area contributed by atoms with Crippen molar-refractivity contribution in [1.29, 1.82) is 0 Å². The van der Waals surface area contributed by atoms with E-state index in [2.05, 4.69) is 42.8 Å². The number of halogens is 1. The molecule has 1 saturated carbocycles. The Labute approximate surface area is 119 Å². The van der Waals surface area contributed by atoms with Gasteiger partial charge < -0.3 is 5.11 Å². The minimum atomic E-state index is 0.278. The van der Waals surface area contributed by atoms with Gasteiger partial charge in [0, 0.05) is 4.83 Å². The Hall–Kier alpha value is -0.500. The zero-order valence-corrected chi connectivity index (χ0v) is 13.1. The van der Waals surface area contributed by atoms with Crippen molar-refractivity contribution in [2.24, 2.45) is 17.3 Å². The Morgan fingerprint density at radius 3 is 2.61 bits per heavy atom. The molecule has 3 atom stereocenters. The minimum absolute atomic E-state index is 0.278. The number of rotatable bonds is 2. The Bertz CT molecular complexity index is 413. The van der Waals surface area contributed by atoms with Crippen molar-refractivity contribution in [2.75, 3.05) is 0 Å². The summed E-state index contributed by atoms with van der Waals surface area (Å²) in [5.41, 5.74) is 1.36. The fourth-order valence-electron chi connectivity index (χ4n) is 3.33. The summed E-state index contributed by atoms with van der Waals surface area (Å²) < 4.78 is 0. The Morgan fingerprint density at radius 2 is 1.94 bits per heavy atom. The monoisotopic (exact) mass is 310 g/mol. The van der Waals surface area contributed by atoms with Gasteiger partial charge in [0.1, 0.15) is 5.75 Å². The first kappa shape index (κ1) is 13.9. The van der Waals surface area contributed by atoms with Crippen LogP contribution in [0, 0.1) is 17.3 Å². The molecule has 1 N–H and O–H groups in total. The molecule has 1 aliphatic rings. The molecule has 1 nitrogen and oxygen atoms in total. The van der Waals surface area contributed by atoms with Crippen LogP contribution in [0.3, 0.4) is 0 Å². The van der Waals surface area contributed by atoms with Gasteiger partial charge in [-0.3, -0.25) is 0 Å². The molecule has 1 aromatic rings. The van der Waals surface area contributed by atoms with Crippen molar-refractivity contribution in [3.05, 3.63) is 29.8 Å². The largest absolute Gasteiger partial charge is 0.508 e. The Morgan fingerprint density at radius 1 is 1.28 bits per heavy atom. The topological polar surface area (TPSA) is 20.2 Å². The number of hydrogen-bond donors (Lipinski definition) is 1. The molecule has 0 bridgehead atoms. The third-order valence-corrected chi connectivity index (χ3v) is 6.39. The van der Waals surface area contributed by atoms with E-state index in [1.54, 1.807) is 6.07 Å². The molecule has 1 unspecified atom stereocenters. The van der Waals surface area contributed by atoms with Crippen LogP contribution in [0.25, 0.3) is 0 Å². The van der Waals surface area contributed by atoms with Crippen LogP contribution in [0.4, 0.5) is 0 Å². The first-order chi connectivity index (χ1) is 8.43. The van der Waals surface area contributed by atoms with Crippen molar-refractivity contribution < 1.29 is 5.11 Å². The second kappa shape index (κ2) is 5.24. The molecule has 2 rings (SSSR count). The zero-order valence-electron chi connectivity index (χ0n) is 11.5. The molecule has 1 aromatic carbocycles. The molecule has 0 radical (unpaired) electrons. The molecule has 0 heterocycles. The summed E-state index contributed by atoms with van der Waals surface area (Å²) in [5.74, 6) is 1.77. The van der Waals surface area contributed by atoms with E-state index in [1.165, 1.54) is 12.8 Å². The highest BCUT2D eigenvalue weighted by molar-refractivity contribution is 9.09. The van der Waals surface area contributed by atoms with Crippen molar-refractivity contribution in [1.82, 2.24) is 0 Å². The number of phenols is 1. The number of alkyl halides is 1. The molecule has 18 heavy (non-hydrogen) atoms. The molecule has 1 fully saturated rings. The average Bonchev–Trinajstić information content (AvgIpc) is 2.32. The van der Waals surface area contributed by atoms with Crippen molar-refractivity contribution in [2.45, 2.75) is 44.9 Å². The number of phenolic OH excluding ortho intramolecular Hbond substituents is 1. The van der Waals surface area contributed by atoms with E-state index in [4.69, 9.17) is 0 Å². The van der Waals surface area contributed by atoms with Gasteiger partial charge in [0.05, 0.1) is 0 Å². The molecule has 0 aromatic heterocycles. The molecular formula is C16H23BrO. The molecule has 0 aliphatic heterocycles. The van der Waals surface area contributed by atoms with E-state index in [0.29, 0.717) is 22.4 Å². The van der Waals surface area contributed by atoms with Crippen LogP contribution in [0.15, 0.2) is 24.3 Å². The fourth-order valence-corrected chi connectivity index (χ4v) is 3.94. The van der Waals surface area contributed by atoms with Crippen LogP contribution >= 0.6 is 15.9 Å². The van der Waals surface area contributed by atoms with Crippen LogP contribution in [0.2, 0.25) is 0 Å². The minimum Gasteiger partial charge on any atom is -0.508 e. The van der Waals surface area contributed by atoms with Gasteiger partial charge in [0.2, 0.25) is 0 Å². The Kier molecular flexibility index (Phi) is 4.05. The van der Waals surface area contributed by atoms with Gasteiger partial charge in [-0.1, -0.05) is 54.9 Å². The van der Waals surface area contributed by atoms with Gasteiger partial charge in [0.15, 0.2) is 0 Å². The van der Waals surface area contributed by atoms with Crippen molar-refractivity contribution in [3.8, 4) is 5.75 Å². The lowest BCUT2D eigenvalue weighted by molar-refractivity contribution is 0.0937. The van der Waals surface area contributed by atoms with E-state index in [9.17, 15) is 5.11 Å². The first-order valence-electron chi connectivity index (χ1n) is 6.84. The van der Waals surface area contributed by atoms with E-state index in [0.717, 1.165) is 12.0 Å². The highest BCUT2D eigenvalue weighted by Gasteiger charge is 2.42. The highest BCUT2D eigenvalue weighted by atomic mass is 79.9. The third-order valence-electron chi connectivity index (χ3n) is 4.76. The summed E-state index contributed by atoms with van der Waals surface area (Å²) in [6, 6.07) is 7.75. The van der Waals surface area contributed by atoms with Gasteiger partial charge in [0.25, 0.3) is 0 Å². The first-order valence-corrected chi connectivity index (χ1v) is 7.75. The number of aromatic hydroxyl groups is 1. The molecule has 0 amide bonds. The lowest BCUT2D eigenvalue weighted by Crippen LogP contribution is -2.42. The molecule has 100 valence electrons.